The number of ether oxygens (including phenoxy) is 8. The molecule has 0 spiro atoms. The van der Waals surface area contributed by atoms with Gasteiger partial charge in [0.05, 0.1) is 63.3 Å². The first-order chi connectivity index (χ1) is 67.4. The zero-order chi connectivity index (χ0) is 99.9. The van der Waals surface area contributed by atoms with Crippen molar-refractivity contribution in [3.63, 3.8) is 0 Å². The van der Waals surface area contributed by atoms with E-state index in [1.807, 2.05) is 0 Å². The van der Waals surface area contributed by atoms with E-state index in [2.05, 4.69) is 202 Å². The Morgan fingerprint density at radius 1 is 0.468 bits per heavy atom. The van der Waals surface area contributed by atoms with Crippen molar-refractivity contribution < 1.29 is 109 Å². The zero-order valence-corrected chi connectivity index (χ0v) is 80.7. The number of benzene rings is 2. The maximum Gasteiger partial charge on any atom is 0.351 e. The van der Waals surface area contributed by atoms with Crippen molar-refractivity contribution in [1.29, 1.82) is 0 Å². The van der Waals surface area contributed by atoms with Crippen LogP contribution in [0.5, 0.6) is 17.6 Å². The second kappa shape index (κ2) is 58.3. The molecule has 0 amide bonds. The predicted molar refractivity (Wildman–Crippen MR) is 506 cm³/mol. The second-order valence-electron chi connectivity index (χ2n) is 29.9. The van der Waals surface area contributed by atoms with E-state index >= 15 is 0 Å². The number of aliphatic hydroxyl groups excluding tert-OH is 1. The molecule has 139 heavy (non-hydrogen) atoms. The molecular weight excluding hydrogens is 1890 g/mol. The molecule has 44 nitrogen and oxygen atoms in total. The normalized spacial score (nSPS) is 19.4. The van der Waals surface area contributed by atoms with Crippen molar-refractivity contribution in [2.24, 2.45) is 49.5 Å². The van der Waals surface area contributed by atoms with E-state index < -0.39 is 64.2 Å². The van der Waals surface area contributed by atoms with Crippen LogP contribution in [0.25, 0.3) is 12.2 Å². The molecule has 2 fully saturated rings. The summed E-state index contributed by atoms with van der Waals surface area (Å²) < 4.78 is 67.3. The van der Waals surface area contributed by atoms with Gasteiger partial charge in [-0.3, -0.25) is 33.5 Å². The lowest BCUT2D eigenvalue weighted by Crippen LogP contribution is -2.50. The molecule has 2 saturated heterocycles. The Labute approximate surface area is 816 Å². The van der Waals surface area contributed by atoms with Crippen LogP contribution >= 0.6 is 34.8 Å². The van der Waals surface area contributed by atoms with Gasteiger partial charge in [0.1, 0.15) is 66.4 Å². The number of aliphatic hydroxyl groups is 1. The highest BCUT2D eigenvalue weighted by Crippen LogP contribution is 2.36. The summed E-state index contributed by atoms with van der Waals surface area (Å²) in [5.41, 5.74) is 10.1. The Hall–Kier alpha value is -13.5. The van der Waals surface area contributed by atoms with Crippen molar-refractivity contribution in [3.05, 3.63) is 219 Å². The Balaban J connectivity index is 0.000000182. The standard InChI is InChI=1S/C23H27N5O2.C14H20N2.C13H14ClN3O5.C11H11N3O4.C10H11N3O5S.C8H12O4.C5H4ClN3O.C5H3ClN2O.C2H6O/c1-17(13-18-5-3-2-4-6-18)14-27-9-11-28(12-10-27)15-20-19-16-29-23-22(21(19)26-30-20)24-7-8-25-23;1-13(11-14-5-3-2-4-6-14)12-16-9-7-15-8-10-16;1-3-20-12(18)7-8(9-11(14)16-6-5-15-9)17-22-10(7)13(19)21-4-2;1-2-16-11(15)9-6-5-17-10-8(7(6)14-18-9)12-3-4-13-10;1-19(14,15)17-5-7-6-4-16-10-9(8(6)13-18-7)11-2-3-12-10;1-3-11-7(9)5-6-8(10)12-4-2;6-5-4(3-9-10)7-1-2-8-5;6-5-4(3-9)7-1-2-8-5;1-2-3/h2-8,13,19-20H,9-12,14-16H2,1H3;2-6,11,15H,7-10,12H2,1H3;5-7,10H,3-4H2,1-2H3;3-4,6,9H,2,5H2,1H3;2-3,6-7H,4-5H2,1H3;5-6H,3-4H2,1-2H3;1-3,10H;1-3H;3H,2H2,1H3/b17-13+;13-11+;;;;6-5-;;;. The topological polar surface area (TPSA) is 535 Å². The van der Waals surface area contributed by atoms with Crippen molar-refractivity contribution in [2.75, 3.05) is 144 Å². The molecule has 2 aromatic carbocycles. The van der Waals surface area contributed by atoms with Gasteiger partial charge in [0.25, 0.3) is 10.1 Å². The molecule has 9 aliphatic rings. The van der Waals surface area contributed by atoms with Crippen LogP contribution in [-0.2, 0) is 81.3 Å². The molecule has 17 rings (SSSR count). The lowest BCUT2D eigenvalue weighted by Gasteiger charge is -2.36. The molecule has 742 valence electrons. The first kappa shape index (κ1) is 109. The number of carbonyl (C=O) groups is 6. The minimum Gasteiger partial charge on any atom is -0.475 e. The Morgan fingerprint density at radius 2 is 0.849 bits per heavy atom. The molecule has 0 radical (unpaired) electrons. The van der Waals surface area contributed by atoms with E-state index in [0.29, 0.717) is 85.5 Å². The van der Waals surface area contributed by atoms with Gasteiger partial charge in [0.2, 0.25) is 29.8 Å². The quantitative estimate of drug-likeness (QED) is 0.00768. The highest BCUT2D eigenvalue weighted by atomic mass is 35.5. The number of esters is 5. The number of piperazine rings is 2. The third-order valence-corrected chi connectivity index (χ3v) is 21.3. The average Bonchev–Trinajstić information content (AvgIpc) is 1.66. The number of aromatic nitrogens is 12. The molecular formula is C91H108Cl3N21O23S. The maximum atomic E-state index is 12.2. The SMILES string of the molecule is C/C(=C\c1ccccc1)CN1CCN(CC2ON=C3c4nccnc4OCC32)CC1.C/C(=C\c1ccccc1)CN1CCNCC1.CCO.CCOC(=O)/C=C\C(=O)OCC.CCOC(=O)C1ON=C(c2nccnc2Cl)C1C(=O)OCC.CCOC(=O)C1ON=C2c3nccnc3OCC21.CS(=O)(=O)OCC1ON=C2c3nccnc3OCC21.O=Cc1nccnc1Cl.ON=Cc1nccnc1Cl. The van der Waals surface area contributed by atoms with Crippen molar-refractivity contribution in [3.8, 4) is 17.6 Å². The van der Waals surface area contributed by atoms with Crippen LogP contribution in [0, 0.1) is 23.7 Å². The van der Waals surface area contributed by atoms with Crippen molar-refractivity contribution >= 4 is 122 Å². The molecule has 15 heterocycles. The summed E-state index contributed by atoms with van der Waals surface area (Å²) in [6.07, 6.45) is 24.9. The third kappa shape index (κ3) is 34.6. The van der Waals surface area contributed by atoms with Crippen LogP contribution in [0.4, 0.5) is 0 Å². The number of halogens is 3. The monoisotopic (exact) mass is 2000 g/mol. The largest absolute Gasteiger partial charge is 0.475 e. The van der Waals surface area contributed by atoms with Gasteiger partial charge in [-0.25, -0.2) is 74.0 Å². The van der Waals surface area contributed by atoms with Gasteiger partial charge in [-0.05, 0) is 66.5 Å². The van der Waals surface area contributed by atoms with Crippen molar-refractivity contribution in [2.45, 2.75) is 79.8 Å². The first-order valence-corrected chi connectivity index (χ1v) is 46.9. The number of hydrogen-bond donors (Lipinski definition) is 3. The van der Waals surface area contributed by atoms with E-state index in [-0.39, 0.29) is 89.5 Å². The van der Waals surface area contributed by atoms with Crippen LogP contribution in [0.15, 0.2) is 184 Å². The molecule has 0 bridgehead atoms. The second-order valence-corrected chi connectivity index (χ2v) is 32.7. The lowest BCUT2D eigenvalue weighted by atomic mass is 9.94. The minimum absolute atomic E-state index is 0.0152. The van der Waals surface area contributed by atoms with Gasteiger partial charge in [0, 0.05) is 165 Å². The number of oxime groups is 5. The van der Waals surface area contributed by atoms with Gasteiger partial charge >= 0.3 is 29.8 Å². The number of rotatable bonds is 24. The number of nitrogens with zero attached hydrogens (tertiary/aromatic N) is 20. The number of fused-ring (bicyclic) bond motifs is 9. The summed E-state index contributed by atoms with van der Waals surface area (Å²) in [6, 6.07) is 21.1. The number of hydrogen-bond acceptors (Lipinski definition) is 44. The highest BCUT2D eigenvalue weighted by Gasteiger charge is 2.50. The highest BCUT2D eigenvalue weighted by molar-refractivity contribution is 7.86. The predicted octanol–water partition coefficient (Wildman–Crippen LogP) is 7.54. The minimum atomic E-state index is -3.51. The van der Waals surface area contributed by atoms with E-state index in [1.165, 1.54) is 84.9 Å². The van der Waals surface area contributed by atoms with Crippen LogP contribution in [0.3, 0.4) is 0 Å². The van der Waals surface area contributed by atoms with Gasteiger partial charge in [-0.2, -0.15) is 8.42 Å². The first-order valence-electron chi connectivity index (χ1n) is 43.9. The maximum absolute atomic E-state index is 12.2. The van der Waals surface area contributed by atoms with Crippen LogP contribution in [0.1, 0.15) is 105 Å². The fourth-order valence-electron chi connectivity index (χ4n) is 13.8. The lowest BCUT2D eigenvalue weighted by molar-refractivity contribution is -0.164. The summed E-state index contributed by atoms with van der Waals surface area (Å²) in [6.45, 7) is 28.8. The van der Waals surface area contributed by atoms with E-state index in [1.54, 1.807) is 66.3 Å². The molecule has 8 aromatic rings. The van der Waals surface area contributed by atoms with Gasteiger partial charge < -0.3 is 72.9 Å². The van der Waals surface area contributed by atoms with Gasteiger partial charge in [0.15, 0.2) is 57.0 Å². The van der Waals surface area contributed by atoms with E-state index in [9.17, 15) is 37.2 Å². The molecule has 3 N–H and O–H groups in total. The molecule has 9 aliphatic heterocycles. The third-order valence-electron chi connectivity index (χ3n) is 19.9. The van der Waals surface area contributed by atoms with Crippen LogP contribution < -0.4 is 19.5 Å². The summed E-state index contributed by atoms with van der Waals surface area (Å²) in [5, 5.41) is 38.2. The van der Waals surface area contributed by atoms with Crippen LogP contribution in [0.2, 0.25) is 15.5 Å². The average molecular weight is 2000 g/mol. The van der Waals surface area contributed by atoms with Crippen LogP contribution in [-0.4, -0.2) is 327 Å². The molecule has 8 unspecified atom stereocenters. The number of aldehydes is 1. The molecule has 48 heteroatoms. The Kier molecular flexibility index (Phi) is 45.8. The Bertz CT molecular complexity index is 5670. The van der Waals surface area contributed by atoms with E-state index in [0.717, 1.165) is 94.9 Å². The van der Waals surface area contributed by atoms with Gasteiger partial charge in [-0.15, -0.1) is 0 Å². The molecule has 0 saturated carbocycles. The summed E-state index contributed by atoms with van der Waals surface area (Å²) >= 11 is 16.9. The van der Waals surface area contributed by atoms with E-state index in [4.69, 9.17) is 97.1 Å². The van der Waals surface area contributed by atoms with Gasteiger partial charge in [-0.1, -0.05) is 145 Å². The van der Waals surface area contributed by atoms with Crippen molar-refractivity contribution in [1.82, 2.24) is 79.8 Å². The number of nitrogens with one attached hydrogen (secondary N) is 1. The molecule has 8 atom stereocenters. The molecule has 0 aliphatic carbocycles. The Morgan fingerprint density at radius 3 is 1.30 bits per heavy atom. The summed E-state index contributed by atoms with van der Waals surface area (Å²) in [4.78, 5) is 143. The molecule has 6 aromatic heterocycles. The smallest absolute Gasteiger partial charge is 0.351 e. The summed E-state index contributed by atoms with van der Waals surface area (Å²) in [7, 11) is -3.51. The fourth-order valence-corrected chi connectivity index (χ4v) is 14.7. The summed E-state index contributed by atoms with van der Waals surface area (Å²) in [5.74, 6) is -2.96. The zero-order valence-electron chi connectivity index (χ0n) is 77.6. The number of carbonyl (C=O) groups excluding carboxylic acids is 6. The fraction of sp³-hybridized carbons (Fsp3) is 0.418.